The van der Waals surface area contributed by atoms with Gasteiger partial charge >= 0.3 is 12.1 Å². The largest absolute Gasteiger partial charge is 0.444 e. The average Bonchev–Trinajstić information content (AvgIpc) is 3.32. The number of likely N-dealkylation sites (N-methyl/N-ethyl adjacent to an activating group) is 1. The standard InChI is InChI=1S/C30H38N8O4/c1-7-8-16-37-24-25(34-27(37)36-15-11-12-20(17-36)32-28(40)42-30(3,4)5)35(6)29(41)38(26(24)39)18-23-31-19(2)21-13-9-10-14-22(21)33-23/h9-10,13-14,20,24-25H,11-12,15-18H2,1-6H3,(H,32,40)/t20-,24+,25-/m0/s1. The number of aryl methyl sites for hydroxylation is 1. The number of aromatic nitrogens is 2. The number of guanidine groups is 1. The third-order valence-corrected chi connectivity index (χ3v) is 7.56. The van der Waals surface area contributed by atoms with Gasteiger partial charge < -0.3 is 24.8 Å². The highest BCUT2D eigenvalue weighted by molar-refractivity contribution is 6.03. The quantitative estimate of drug-likeness (QED) is 0.553. The second-order valence-electron chi connectivity index (χ2n) is 11.8. The molecular formula is C30H38N8O4. The second kappa shape index (κ2) is 11.5. The summed E-state index contributed by atoms with van der Waals surface area (Å²) in [6.45, 7) is 10.5. The number of fused-ring (bicyclic) bond motifs is 2. The van der Waals surface area contributed by atoms with E-state index < -0.39 is 29.9 Å². The number of rotatable bonds is 4. The van der Waals surface area contributed by atoms with Crippen LogP contribution in [0.2, 0.25) is 0 Å². The summed E-state index contributed by atoms with van der Waals surface area (Å²) in [6.07, 6.45) is 0.442. The van der Waals surface area contributed by atoms with Crippen molar-refractivity contribution in [1.29, 1.82) is 0 Å². The van der Waals surface area contributed by atoms with Crippen LogP contribution in [0.1, 0.15) is 52.1 Å². The number of ether oxygens (including phenoxy) is 1. The van der Waals surface area contributed by atoms with E-state index in [0.717, 1.165) is 29.4 Å². The third kappa shape index (κ3) is 5.82. The molecule has 2 saturated heterocycles. The van der Waals surface area contributed by atoms with Gasteiger partial charge in [-0.2, -0.15) is 0 Å². The zero-order valence-electron chi connectivity index (χ0n) is 25.0. The first-order valence-electron chi connectivity index (χ1n) is 14.3. The lowest BCUT2D eigenvalue weighted by molar-refractivity contribution is -0.138. The Bertz CT molecular complexity index is 1490. The number of carbonyl (C=O) groups is 3. The molecule has 2 fully saturated rings. The first-order valence-corrected chi connectivity index (χ1v) is 14.3. The molecule has 4 amide bonds. The number of piperidine rings is 1. The van der Waals surface area contributed by atoms with E-state index in [0.29, 0.717) is 24.9 Å². The number of para-hydroxylation sites is 1. The van der Waals surface area contributed by atoms with E-state index in [1.165, 1.54) is 9.80 Å². The number of nitrogens with zero attached hydrogens (tertiary/aromatic N) is 7. The van der Waals surface area contributed by atoms with Gasteiger partial charge in [0.1, 0.15) is 11.4 Å². The number of likely N-dealkylation sites (tertiary alicyclic amines) is 1. The van der Waals surface area contributed by atoms with Crippen molar-refractivity contribution in [1.82, 2.24) is 34.9 Å². The lowest BCUT2D eigenvalue weighted by atomic mass is 10.1. The summed E-state index contributed by atoms with van der Waals surface area (Å²) in [4.78, 5) is 60.8. The maximum Gasteiger partial charge on any atom is 0.407 e. The van der Waals surface area contributed by atoms with Crippen molar-refractivity contribution in [3.8, 4) is 11.8 Å². The number of hydrogen-bond donors (Lipinski definition) is 1. The number of amides is 4. The summed E-state index contributed by atoms with van der Waals surface area (Å²) in [7, 11) is 1.66. The highest BCUT2D eigenvalue weighted by atomic mass is 16.6. The number of imide groups is 1. The van der Waals surface area contributed by atoms with Crippen LogP contribution in [0.4, 0.5) is 9.59 Å². The molecule has 0 bridgehead atoms. The van der Waals surface area contributed by atoms with Gasteiger partial charge in [-0.05, 0) is 53.5 Å². The summed E-state index contributed by atoms with van der Waals surface area (Å²) in [5, 5.41) is 3.89. The SMILES string of the molecule is CC#CCN1C(N2CCC[C@H](NC(=O)OC(C)(C)C)C2)=N[C@@H]2[C@@H]1C(=O)N(Cc1nc(C)c3ccccc3n1)C(=O)N2C. The zero-order chi connectivity index (χ0) is 30.2. The first-order chi connectivity index (χ1) is 20.0. The Kier molecular flexibility index (Phi) is 7.95. The summed E-state index contributed by atoms with van der Waals surface area (Å²) in [5.74, 6) is 6.62. The zero-order valence-corrected chi connectivity index (χ0v) is 25.0. The van der Waals surface area contributed by atoms with E-state index in [1.807, 2.05) is 56.9 Å². The number of benzene rings is 1. The second-order valence-corrected chi connectivity index (χ2v) is 11.8. The molecule has 12 heteroatoms. The Balaban J connectivity index is 1.38. The summed E-state index contributed by atoms with van der Waals surface area (Å²) >= 11 is 0. The minimum atomic E-state index is -0.746. The molecule has 12 nitrogen and oxygen atoms in total. The maximum atomic E-state index is 14.0. The van der Waals surface area contributed by atoms with Gasteiger partial charge in [0, 0.05) is 37.3 Å². The van der Waals surface area contributed by atoms with Gasteiger partial charge in [0.25, 0.3) is 5.91 Å². The van der Waals surface area contributed by atoms with E-state index in [-0.39, 0.29) is 25.0 Å². The van der Waals surface area contributed by atoms with Crippen LogP contribution in [-0.4, -0.2) is 104 Å². The van der Waals surface area contributed by atoms with Gasteiger partial charge in [0.15, 0.2) is 12.2 Å². The van der Waals surface area contributed by atoms with Gasteiger partial charge in [-0.1, -0.05) is 24.1 Å². The lowest BCUT2D eigenvalue weighted by Gasteiger charge is -2.42. The van der Waals surface area contributed by atoms with Crippen LogP contribution < -0.4 is 5.32 Å². The Hall–Kier alpha value is -4.40. The van der Waals surface area contributed by atoms with E-state index in [4.69, 9.17) is 9.73 Å². The molecule has 5 rings (SSSR count). The fourth-order valence-corrected chi connectivity index (χ4v) is 5.67. The Labute approximate surface area is 246 Å². The molecule has 1 N–H and O–H groups in total. The minimum absolute atomic E-state index is 0.0505. The topological polar surface area (TPSA) is 124 Å². The lowest BCUT2D eigenvalue weighted by Crippen LogP contribution is -2.65. The molecular weight excluding hydrogens is 536 g/mol. The highest BCUT2D eigenvalue weighted by Crippen LogP contribution is 2.30. The van der Waals surface area contributed by atoms with Crippen LogP contribution in [0.5, 0.6) is 0 Å². The van der Waals surface area contributed by atoms with Crippen molar-refractivity contribution in [2.75, 3.05) is 26.7 Å². The van der Waals surface area contributed by atoms with Gasteiger partial charge in [-0.3, -0.25) is 9.69 Å². The van der Waals surface area contributed by atoms with E-state index in [2.05, 4.69) is 32.0 Å². The normalized spacial score (nSPS) is 22.5. The van der Waals surface area contributed by atoms with Crippen LogP contribution in [0.25, 0.3) is 10.9 Å². The highest BCUT2D eigenvalue weighted by Gasteiger charge is 2.53. The minimum Gasteiger partial charge on any atom is -0.444 e. The van der Waals surface area contributed by atoms with Crippen molar-refractivity contribution in [2.45, 2.75) is 77.9 Å². The van der Waals surface area contributed by atoms with E-state index in [9.17, 15) is 14.4 Å². The molecule has 2 aromatic rings. The van der Waals surface area contributed by atoms with Crippen LogP contribution in [0, 0.1) is 18.8 Å². The molecule has 0 radical (unpaired) electrons. The molecule has 3 aliphatic heterocycles. The van der Waals surface area contributed by atoms with Gasteiger partial charge in [0.2, 0.25) is 5.96 Å². The molecule has 222 valence electrons. The fourth-order valence-electron chi connectivity index (χ4n) is 5.67. The smallest absolute Gasteiger partial charge is 0.407 e. The van der Waals surface area contributed by atoms with Gasteiger partial charge in [-0.15, -0.1) is 5.92 Å². The Morgan fingerprint density at radius 1 is 1.19 bits per heavy atom. The number of nitrogens with one attached hydrogen (secondary N) is 1. The van der Waals surface area contributed by atoms with Crippen LogP contribution in [-0.2, 0) is 16.1 Å². The first kappa shape index (κ1) is 29.1. The van der Waals surface area contributed by atoms with E-state index in [1.54, 1.807) is 14.0 Å². The number of urea groups is 1. The summed E-state index contributed by atoms with van der Waals surface area (Å²) < 4.78 is 5.45. The molecule has 0 unspecified atom stereocenters. The Morgan fingerprint density at radius 3 is 2.69 bits per heavy atom. The average molecular weight is 575 g/mol. The number of alkyl carbamates (subject to hydrolysis) is 1. The maximum absolute atomic E-state index is 14.0. The monoisotopic (exact) mass is 574 g/mol. The number of aliphatic imine (C=N–C) groups is 1. The number of hydrogen-bond acceptors (Lipinski definition) is 9. The summed E-state index contributed by atoms with van der Waals surface area (Å²) in [6, 6.07) is 6.30. The van der Waals surface area contributed by atoms with Crippen molar-refractivity contribution < 1.29 is 19.1 Å². The van der Waals surface area contributed by atoms with Crippen LogP contribution in [0.15, 0.2) is 29.3 Å². The fraction of sp³-hybridized carbons (Fsp3) is 0.533. The van der Waals surface area contributed by atoms with Crippen molar-refractivity contribution in [3.63, 3.8) is 0 Å². The summed E-state index contributed by atoms with van der Waals surface area (Å²) in [5.41, 5.74) is 0.943. The van der Waals surface area contributed by atoms with E-state index >= 15 is 0 Å². The molecule has 3 aliphatic rings. The molecule has 0 aliphatic carbocycles. The predicted octanol–water partition coefficient (Wildman–Crippen LogP) is 2.71. The van der Waals surface area contributed by atoms with Crippen molar-refractivity contribution >= 4 is 34.9 Å². The molecule has 4 heterocycles. The third-order valence-electron chi connectivity index (χ3n) is 7.56. The van der Waals surface area contributed by atoms with Gasteiger partial charge in [-0.25, -0.2) is 24.5 Å². The van der Waals surface area contributed by atoms with Crippen LogP contribution in [0.3, 0.4) is 0 Å². The van der Waals surface area contributed by atoms with Crippen molar-refractivity contribution in [2.24, 2.45) is 4.99 Å². The molecule has 1 aromatic heterocycles. The predicted molar refractivity (Wildman–Crippen MR) is 157 cm³/mol. The van der Waals surface area contributed by atoms with Gasteiger partial charge in [0.05, 0.1) is 18.6 Å². The van der Waals surface area contributed by atoms with Crippen molar-refractivity contribution in [3.05, 3.63) is 35.8 Å². The molecule has 3 atom stereocenters. The molecule has 0 saturated carbocycles. The molecule has 42 heavy (non-hydrogen) atoms. The number of carbonyl (C=O) groups excluding carboxylic acids is 3. The molecule has 1 aromatic carbocycles. The molecule has 0 spiro atoms. The van der Waals surface area contributed by atoms with Crippen LogP contribution >= 0.6 is 0 Å². The Morgan fingerprint density at radius 2 is 1.95 bits per heavy atom.